The van der Waals surface area contributed by atoms with Gasteiger partial charge in [0.25, 0.3) is 5.91 Å². The molecule has 0 bridgehead atoms. The fourth-order valence-electron chi connectivity index (χ4n) is 1.88. The normalized spacial score (nSPS) is 12.7. The molecule has 96 valence electrons. The summed E-state index contributed by atoms with van der Waals surface area (Å²) >= 11 is 5.94. The highest BCUT2D eigenvalue weighted by molar-refractivity contribution is 6.31. The van der Waals surface area contributed by atoms with Crippen molar-refractivity contribution < 1.29 is 4.79 Å². The molecule has 1 amide bonds. The van der Waals surface area contributed by atoms with Crippen molar-refractivity contribution >= 4 is 28.4 Å². The minimum atomic E-state index is -0.123. The smallest absolute Gasteiger partial charge is 0.267 e. The number of carbonyl (C=O) groups excluding carboxylic acids is 1. The highest BCUT2D eigenvalue weighted by Gasteiger charge is 2.13. The Bertz CT molecular complexity index is 589. The van der Waals surface area contributed by atoms with Crippen LogP contribution in [0.15, 0.2) is 24.3 Å². The number of fused-ring (bicyclic) bond motifs is 1. The molecule has 0 aliphatic rings. The van der Waals surface area contributed by atoms with E-state index in [-0.39, 0.29) is 11.9 Å². The third-order valence-electron chi connectivity index (χ3n) is 2.82. The first kappa shape index (κ1) is 12.9. The molecule has 0 radical (unpaired) electrons. The topological polar surface area (TPSA) is 60.0 Å². The number of nitrogens with two attached hydrogens (primary N) is 1. The lowest BCUT2D eigenvalue weighted by molar-refractivity contribution is 0.0944. The van der Waals surface area contributed by atoms with Crippen LogP contribution in [0.3, 0.4) is 0 Å². The molecule has 5 heteroatoms. The van der Waals surface area contributed by atoms with Gasteiger partial charge in [0.05, 0.1) is 0 Å². The Kier molecular flexibility index (Phi) is 3.59. The number of halogens is 1. The van der Waals surface area contributed by atoms with Gasteiger partial charge in [0.2, 0.25) is 0 Å². The van der Waals surface area contributed by atoms with Crippen molar-refractivity contribution in [3.63, 3.8) is 0 Å². The summed E-state index contributed by atoms with van der Waals surface area (Å²) in [4.78, 5) is 12.0. The van der Waals surface area contributed by atoms with Gasteiger partial charge in [-0.25, -0.2) is 0 Å². The summed E-state index contributed by atoms with van der Waals surface area (Å²) < 4.78 is 1.85. The molecule has 2 rings (SSSR count). The molecule has 0 aliphatic heterocycles. The maximum atomic E-state index is 12.0. The van der Waals surface area contributed by atoms with Crippen LogP contribution in [-0.2, 0) is 7.05 Å². The van der Waals surface area contributed by atoms with Crippen molar-refractivity contribution in [3.8, 4) is 0 Å². The Labute approximate surface area is 111 Å². The summed E-state index contributed by atoms with van der Waals surface area (Å²) in [6, 6.07) is 7.34. The average Bonchev–Trinajstić information content (AvgIpc) is 2.63. The second-order valence-corrected chi connectivity index (χ2v) is 4.92. The summed E-state index contributed by atoms with van der Waals surface area (Å²) in [6.45, 7) is 2.31. The van der Waals surface area contributed by atoms with Gasteiger partial charge in [0.15, 0.2) is 0 Å². The lowest BCUT2D eigenvalue weighted by atomic mass is 10.2. The van der Waals surface area contributed by atoms with E-state index in [1.165, 1.54) is 0 Å². The molecule has 18 heavy (non-hydrogen) atoms. The molecule has 1 aromatic carbocycles. The SMILES string of the molecule is CC(N)CNC(=O)c1cc2cc(Cl)ccc2n1C. The number of nitrogens with one attached hydrogen (secondary N) is 1. The molecule has 1 atom stereocenters. The van der Waals surface area contributed by atoms with E-state index in [2.05, 4.69) is 5.32 Å². The van der Waals surface area contributed by atoms with Crippen LogP contribution in [0.2, 0.25) is 5.02 Å². The van der Waals surface area contributed by atoms with E-state index in [1.807, 2.05) is 42.8 Å². The molecule has 1 aromatic heterocycles. The number of benzene rings is 1. The first-order valence-corrected chi connectivity index (χ1v) is 6.15. The van der Waals surface area contributed by atoms with E-state index in [1.54, 1.807) is 0 Å². The van der Waals surface area contributed by atoms with E-state index in [0.717, 1.165) is 10.9 Å². The summed E-state index contributed by atoms with van der Waals surface area (Å²) in [7, 11) is 1.86. The molecule has 1 unspecified atom stereocenters. The zero-order chi connectivity index (χ0) is 13.3. The second-order valence-electron chi connectivity index (χ2n) is 4.48. The van der Waals surface area contributed by atoms with E-state index in [0.29, 0.717) is 17.3 Å². The molecular weight excluding hydrogens is 250 g/mol. The van der Waals surface area contributed by atoms with E-state index in [4.69, 9.17) is 17.3 Å². The lowest BCUT2D eigenvalue weighted by Gasteiger charge is -2.08. The lowest BCUT2D eigenvalue weighted by Crippen LogP contribution is -2.35. The van der Waals surface area contributed by atoms with E-state index in [9.17, 15) is 4.79 Å². The maximum Gasteiger partial charge on any atom is 0.267 e. The van der Waals surface area contributed by atoms with Gasteiger partial charge in [-0.2, -0.15) is 0 Å². The van der Waals surface area contributed by atoms with Gasteiger partial charge in [-0.1, -0.05) is 11.6 Å². The molecular formula is C13H16ClN3O. The number of amides is 1. The molecule has 2 aromatic rings. The predicted molar refractivity (Wildman–Crippen MR) is 73.9 cm³/mol. The summed E-state index contributed by atoms with van der Waals surface area (Å²) in [6.07, 6.45) is 0. The zero-order valence-corrected chi connectivity index (χ0v) is 11.2. The third-order valence-corrected chi connectivity index (χ3v) is 3.06. The standard InChI is InChI=1S/C13H16ClN3O/c1-8(15)7-16-13(18)12-6-9-5-10(14)3-4-11(9)17(12)2/h3-6,8H,7,15H2,1-2H3,(H,16,18). The van der Waals surface area contributed by atoms with Crippen molar-refractivity contribution in [1.82, 2.24) is 9.88 Å². The molecule has 0 saturated heterocycles. The van der Waals surface area contributed by atoms with Gasteiger partial charge >= 0.3 is 0 Å². The largest absolute Gasteiger partial charge is 0.349 e. The monoisotopic (exact) mass is 265 g/mol. The first-order valence-electron chi connectivity index (χ1n) is 5.78. The van der Waals surface area contributed by atoms with Crippen LogP contribution >= 0.6 is 11.6 Å². The van der Waals surface area contributed by atoms with Crippen molar-refractivity contribution in [1.29, 1.82) is 0 Å². The minimum Gasteiger partial charge on any atom is -0.349 e. The molecule has 4 nitrogen and oxygen atoms in total. The Balaban J connectivity index is 2.33. The summed E-state index contributed by atoms with van der Waals surface area (Å²) in [5.74, 6) is -0.123. The Morgan fingerprint density at radius 2 is 2.22 bits per heavy atom. The second kappa shape index (κ2) is 5.00. The zero-order valence-electron chi connectivity index (χ0n) is 10.4. The Hall–Kier alpha value is -1.52. The molecule has 0 spiro atoms. The van der Waals surface area contributed by atoms with Crippen molar-refractivity contribution in [2.45, 2.75) is 13.0 Å². The Morgan fingerprint density at radius 1 is 1.50 bits per heavy atom. The van der Waals surface area contributed by atoms with Crippen LogP contribution in [0.5, 0.6) is 0 Å². The first-order chi connectivity index (χ1) is 8.49. The van der Waals surface area contributed by atoms with Crippen LogP contribution in [0, 0.1) is 0 Å². The molecule has 0 aliphatic carbocycles. The van der Waals surface area contributed by atoms with Crippen LogP contribution in [-0.4, -0.2) is 23.1 Å². The van der Waals surface area contributed by atoms with Gasteiger partial charge in [-0.3, -0.25) is 4.79 Å². The van der Waals surface area contributed by atoms with Crippen LogP contribution in [0.4, 0.5) is 0 Å². The van der Waals surface area contributed by atoms with E-state index < -0.39 is 0 Å². The van der Waals surface area contributed by atoms with Crippen molar-refractivity contribution in [2.75, 3.05) is 6.54 Å². The van der Waals surface area contributed by atoms with Crippen molar-refractivity contribution in [3.05, 3.63) is 35.0 Å². The molecule has 1 heterocycles. The van der Waals surface area contributed by atoms with Gasteiger partial charge in [0, 0.05) is 35.6 Å². The number of nitrogens with zero attached hydrogens (tertiary/aromatic N) is 1. The van der Waals surface area contributed by atoms with Gasteiger partial charge in [-0.05, 0) is 31.2 Å². The number of aryl methyl sites for hydroxylation is 1. The van der Waals surface area contributed by atoms with Crippen LogP contribution in [0.25, 0.3) is 10.9 Å². The summed E-state index contributed by atoms with van der Waals surface area (Å²) in [5, 5.41) is 4.41. The minimum absolute atomic E-state index is 0.0573. The molecule has 3 N–H and O–H groups in total. The van der Waals surface area contributed by atoms with E-state index >= 15 is 0 Å². The number of hydrogen-bond donors (Lipinski definition) is 2. The van der Waals surface area contributed by atoms with Gasteiger partial charge in [-0.15, -0.1) is 0 Å². The number of aromatic nitrogens is 1. The highest BCUT2D eigenvalue weighted by atomic mass is 35.5. The summed E-state index contributed by atoms with van der Waals surface area (Å²) in [5.41, 5.74) is 7.19. The number of carbonyl (C=O) groups is 1. The van der Waals surface area contributed by atoms with Crippen LogP contribution in [0.1, 0.15) is 17.4 Å². The van der Waals surface area contributed by atoms with Crippen LogP contribution < -0.4 is 11.1 Å². The Morgan fingerprint density at radius 3 is 2.89 bits per heavy atom. The fourth-order valence-corrected chi connectivity index (χ4v) is 2.06. The molecule has 0 fully saturated rings. The number of hydrogen-bond acceptors (Lipinski definition) is 2. The fraction of sp³-hybridized carbons (Fsp3) is 0.308. The average molecular weight is 266 g/mol. The number of rotatable bonds is 3. The highest BCUT2D eigenvalue weighted by Crippen LogP contribution is 2.22. The third kappa shape index (κ3) is 2.49. The predicted octanol–water partition coefficient (Wildman–Crippen LogP) is 1.91. The van der Waals surface area contributed by atoms with Gasteiger partial charge in [0.1, 0.15) is 5.69 Å². The van der Waals surface area contributed by atoms with Crippen molar-refractivity contribution in [2.24, 2.45) is 12.8 Å². The molecule has 0 saturated carbocycles. The quantitative estimate of drug-likeness (QED) is 0.891. The van der Waals surface area contributed by atoms with Gasteiger partial charge < -0.3 is 15.6 Å². The maximum absolute atomic E-state index is 12.0.